The molecule has 214 valence electrons. The van der Waals surface area contributed by atoms with Gasteiger partial charge in [0.1, 0.15) is 28.9 Å². The summed E-state index contributed by atoms with van der Waals surface area (Å²) in [6, 6.07) is 17.6. The predicted octanol–water partition coefficient (Wildman–Crippen LogP) is 8.03. The van der Waals surface area contributed by atoms with Crippen LogP contribution >= 0.6 is 23.2 Å². The van der Waals surface area contributed by atoms with Crippen LogP contribution in [0.4, 0.5) is 0 Å². The molecule has 0 aliphatic carbocycles. The highest BCUT2D eigenvalue weighted by Gasteiger charge is 2.31. The quantitative estimate of drug-likeness (QED) is 0.136. The molecule has 3 aromatic carbocycles. The lowest BCUT2D eigenvalue weighted by atomic mass is 9.83. The molecule has 1 unspecified atom stereocenters. The van der Waals surface area contributed by atoms with Gasteiger partial charge in [-0.05, 0) is 54.7 Å². The van der Waals surface area contributed by atoms with Crippen molar-refractivity contribution in [2.45, 2.75) is 46.0 Å². The Kier molecular flexibility index (Phi) is 10.0. The van der Waals surface area contributed by atoms with Gasteiger partial charge in [-0.2, -0.15) is 5.26 Å². The lowest BCUT2D eigenvalue weighted by Crippen LogP contribution is -2.21. The molecule has 0 aromatic heterocycles. The monoisotopic (exact) mass is 594 g/mol. The molecule has 1 heterocycles. The standard InChI is InChI=1S/C32H32Cl2N2O5/c1-4-5-12-39-30-26(33)15-21(16-27(30)34)32(37)40-23-9-10-24-28(17-23)41-31(36)25(18-35)29(24)20-7-6-8-22(14-20)38-13-11-19(2)3/h6-10,14-17,19,29H,4-5,11-13,36H2,1-3H3. The van der Waals surface area contributed by atoms with Gasteiger partial charge in [0.05, 0.1) is 34.7 Å². The first-order valence-corrected chi connectivity index (χ1v) is 14.3. The molecule has 41 heavy (non-hydrogen) atoms. The number of carbonyl (C=O) groups excluding carboxylic acids is 1. The van der Waals surface area contributed by atoms with Gasteiger partial charge in [0.15, 0.2) is 5.75 Å². The summed E-state index contributed by atoms with van der Waals surface area (Å²) in [6.07, 6.45) is 2.74. The second kappa shape index (κ2) is 13.7. The zero-order valence-corrected chi connectivity index (χ0v) is 24.7. The van der Waals surface area contributed by atoms with E-state index in [1.807, 2.05) is 31.2 Å². The Morgan fingerprint density at radius 2 is 1.80 bits per heavy atom. The predicted molar refractivity (Wildman–Crippen MR) is 159 cm³/mol. The highest BCUT2D eigenvalue weighted by molar-refractivity contribution is 6.37. The van der Waals surface area contributed by atoms with Gasteiger partial charge in [0, 0.05) is 11.6 Å². The lowest BCUT2D eigenvalue weighted by Gasteiger charge is -2.27. The average Bonchev–Trinajstić information content (AvgIpc) is 2.93. The number of fused-ring (bicyclic) bond motifs is 1. The summed E-state index contributed by atoms with van der Waals surface area (Å²) in [6.45, 7) is 7.39. The summed E-state index contributed by atoms with van der Waals surface area (Å²) in [5.74, 6) is 0.995. The van der Waals surface area contributed by atoms with Crippen molar-refractivity contribution in [3.63, 3.8) is 0 Å². The van der Waals surface area contributed by atoms with Crippen LogP contribution < -0.4 is 24.7 Å². The Morgan fingerprint density at radius 1 is 1.05 bits per heavy atom. The molecule has 1 aliphatic heterocycles. The van der Waals surface area contributed by atoms with E-state index in [9.17, 15) is 10.1 Å². The number of nitrogens with zero attached hydrogens (tertiary/aromatic N) is 1. The highest BCUT2D eigenvalue weighted by atomic mass is 35.5. The largest absolute Gasteiger partial charge is 0.494 e. The van der Waals surface area contributed by atoms with Gasteiger partial charge >= 0.3 is 5.97 Å². The Bertz CT molecular complexity index is 1470. The number of hydrogen-bond acceptors (Lipinski definition) is 7. The van der Waals surface area contributed by atoms with Crippen molar-refractivity contribution in [2.75, 3.05) is 13.2 Å². The molecule has 0 spiro atoms. The average molecular weight is 596 g/mol. The van der Waals surface area contributed by atoms with Gasteiger partial charge < -0.3 is 24.7 Å². The molecule has 9 heteroatoms. The fraction of sp³-hybridized carbons (Fsp3) is 0.312. The van der Waals surface area contributed by atoms with Crippen molar-refractivity contribution < 1.29 is 23.7 Å². The van der Waals surface area contributed by atoms with Crippen LogP contribution in [0.3, 0.4) is 0 Å². The van der Waals surface area contributed by atoms with Crippen molar-refractivity contribution in [2.24, 2.45) is 11.7 Å². The number of benzene rings is 3. The van der Waals surface area contributed by atoms with E-state index >= 15 is 0 Å². The number of esters is 1. The minimum atomic E-state index is -0.659. The van der Waals surface area contributed by atoms with Gasteiger partial charge in [0.25, 0.3) is 0 Å². The number of unbranched alkanes of at least 4 members (excludes halogenated alkanes) is 1. The number of allylic oxidation sites excluding steroid dienone is 1. The Balaban J connectivity index is 1.57. The lowest BCUT2D eigenvalue weighted by molar-refractivity contribution is 0.0734. The second-order valence-electron chi connectivity index (χ2n) is 10.1. The molecule has 0 radical (unpaired) electrons. The summed E-state index contributed by atoms with van der Waals surface area (Å²) >= 11 is 12.7. The summed E-state index contributed by atoms with van der Waals surface area (Å²) in [7, 11) is 0. The third-order valence-electron chi connectivity index (χ3n) is 6.53. The molecule has 4 rings (SSSR count). The van der Waals surface area contributed by atoms with Crippen LogP contribution in [0.5, 0.6) is 23.0 Å². The zero-order chi connectivity index (χ0) is 29.5. The Morgan fingerprint density at radius 3 is 2.49 bits per heavy atom. The molecule has 3 aromatic rings. The zero-order valence-electron chi connectivity index (χ0n) is 23.2. The Hall–Kier alpha value is -3.86. The number of rotatable bonds is 11. The van der Waals surface area contributed by atoms with Gasteiger partial charge in [-0.15, -0.1) is 0 Å². The number of nitrogens with two attached hydrogens (primary N) is 1. The molecule has 0 saturated heterocycles. The SMILES string of the molecule is CCCCOc1c(Cl)cc(C(=O)Oc2ccc3c(c2)OC(N)=C(C#N)C3c2cccc(OCCC(C)C)c2)cc1Cl. The third kappa shape index (κ3) is 7.27. The molecule has 7 nitrogen and oxygen atoms in total. The van der Waals surface area contributed by atoms with Crippen molar-refractivity contribution in [1.29, 1.82) is 5.26 Å². The number of carbonyl (C=O) groups is 1. The molecule has 0 saturated carbocycles. The molecular formula is C32H32Cl2N2O5. The van der Waals surface area contributed by atoms with Gasteiger partial charge in [0.2, 0.25) is 5.88 Å². The minimum absolute atomic E-state index is 0.0168. The minimum Gasteiger partial charge on any atom is -0.494 e. The molecule has 1 aliphatic rings. The van der Waals surface area contributed by atoms with Gasteiger partial charge in [-0.3, -0.25) is 0 Å². The van der Waals surface area contributed by atoms with Crippen LogP contribution in [0.15, 0.2) is 66.1 Å². The van der Waals surface area contributed by atoms with E-state index < -0.39 is 11.9 Å². The van der Waals surface area contributed by atoms with E-state index in [1.165, 1.54) is 12.1 Å². The summed E-state index contributed by atoms with van der Waals surface area (Å²) in [5, 5.41) is 10.4. The van der Waals surface area contributed by atoms with E-state index in [0.717, 1.165) is 24.8 Å². The number of ether oxygens (including phenoxy) is 4. The summed E-state index contributed by atoms with van der Waals surface area (Å²) in [5.41, 5.74) is 8.15. The van der Waals surface area contributed by atoms with Crippen LogP contribution in [0.2, 0.25) is 10.0 Å². The number of hydrogen-bond donors (Lipinski definition) is 1. The first kappa shape index (κ1) is 30.1. The smallest absolute Gasteiger partial charge is 0.343 e. The summed E-state index contributed by atoms with van der Waals surface area (Å²) < 4.78 is 23.0. The van der Waals surface area contributed by atoms with E-state index in [0.29, 0.717) is 41.9 Å². The van der Waals surface area contributed by atoms with Crippen LogP contribution in [0, 0.1) is 17.2 Å². The van der Waals surface area contributed by atoms with E-state index in [2.05, 4.69) is 19.9 Å². The molecule has 0 fully saturated rings. The van der Waals surface area contributed by atoms with Crippen LogP contribution in [-0.4, -0.2) is 19.2 Å². The molecular weight excluding hydrogens is 563 g/mol. The van der Waals surface area contributed by atoms with Crippen molar-refractivity contribution in [1.82, 2.24) is 0 Å². The molecule has 1 atom stereocenters. The Labute approximate surface area is 250 Å². The number of nitriles is 1. The van der Waals surface area contributed by atoms with Crippen molar-refractivity contribution in [3.05, 3.63) is 92.8 Å². The molecule has 0 amide bonds. The van der Waals surface area contributed by atoms with Gasteiger partial charge in [-0.25, -0.2) is 4.79 Å². The normalized spacial score (nSPS) is 14.2. The first-order chi connectivity index (χ1) is 19.7. The fourth-order valence-electron chi connectivity index (χ4n) is 4.34. The fourth-order valence-corrected chi connectivity index (χ4v) is 4.93. The van der Waals surface area contributed by atoms with Crippen molar-refractivity contribution in [3.8, 4) is 29.1 Å². The maximum Gasteiger partial charge on any atom is 0.343 e. The van der Waals surface area contributed by atoms with E-state index in [4.69, 9.17) is 47.9 Å². The maximum atomic E-state index is 13.0. The van der Waals surface area contributed by atoms with Gasteiger partial charge in [-0.1, -0.05) is 68.6 Å². The second-order valence-corrected chi connectivity index (χ2v) is 10.9. The molecule has 2 N–H and O–H groups in total. The highest BCUT2D eigenvalue weighted by Crippen LogP contribution is 2.44. The summed E-state index contributed by atoms with van der Waals surface area (Å²) in [4.78, 5) is 13.0. The maximum absolute atomic E-state index is 13.0. The van der Waals surface area contributed by atoms with Crippen molar-refractivity contribution >= 4 is 29.2 Å². The number of halogens is 2. The van der Waals surface area contributed by atoms with Crippen LogP contribution in [0.1, 0.15) is 67.4 Å². The topological polar surface area (TPSA) is 104 Å². The van der Waals surface area contributed by atoms with Crippen LogP contribution in [0.25, 0.3) is 0 Å². The van der Waals surface area contributed by atoms with E-state index in [1.54, 1.807) is 18.2 Å². The van der Waals surface area contributed by atoms with Crippen LogP contribution in [-0.2, 0) is 0 Å². The first-order valence-electron chi connectivity index (χ1n) is 13.5. The third-order valence-corrected chi connectivity index (χ3v) is 7.10. The van der Waals surface area contributed by atoms with E-state index in [-0.39, 0.29) is 32.8 Å². The molecule has 0 bridgehead atoms.